The maximum atomic E-state index is 11.9. The Morgan fingerprint density at radius 2 is 2.00 bits per heavy atom. The molecule has 0 aromatic carbocycles. The van der Waals surface area contributed by atoms with Crippen LogP contribution in [0.4, 0.5) is 0 Å². The van der Waals surface area contributed by atoms with Gasteiger partial charge in [-0.25, -0.2) is 4.98 Å². The van der Waals surface area contributed by atoms with Crippen LogP contribution in [0.2, 0.25) is 5.15 Å². The Balaban J connectivity index is 2.81. The average Bonchev–Trinajstić information content (AvgIpc) is 2.28. The Bertz CT molecular complexity index is 354. The van der Waals surface area contributed by atoms with E-state index in [0.29, 0.717) is 5.56 Å². The second-order valence-corrected chi connectivity index (χ2v) is 3.49. The summed E-state index contributed by atoms with van der Waals surface area (Å²) in [6.45, 7) is 0.0633. The molecule has 0 saturated carbocycles. The maximum Gasteiger partial charge on any atom is 0.254 e. The molecule has 1 amide bonds. The van der Waals surface area contributed by atoms with Gasteiger partial charge in [0, 0.05) is 24.8 Å². The van der Waals surface area contributed by atoms with Gasteiger partial charge < -0.3 is 15.1 Å². The zero-order valence-corrected chi connectivity index (χ0v) is 9.39. The highest BCUT2D eigenvalue weighted by Crippen LogP contribution is 2.09. The van der Waals surface area contributed by atoms with Gasteiger partial charge in [0.25, 0.3) is 5.91 Å². The third-order valence-corrected chi connectivity index (χ3v) is 2.21. The molecule has 1 aromatic rings. The maximum absolute atomic E-state index is 11.9. The van der Waals surface area contributed by atoms with Gasteiger partial charge in [-0.05, 0) is 12.1 Å². The molecule has 0 spiro atoms. The van der Waals surface area contributed by atoms with Crippen LogP contribution < -0.4 is 0 Å². The molecular formula is C10H13ClN2O3. The van der Waals surface area contributed by atoms with E-state index in [2.05, 4.69) is 4.98 Å². The molecule has 2 N–H and O–H groups in total. The molecule has 0 aliphatic rings. The fourth-order valence-electron chi connectivity index (χ4n) is 1.27. The third-order valence-electron chi connectivity index (χ3n) is 2.00. The van der Waals surface area contributed by atoms with Gasteiger partial charge in [0.1, 0.15) is 5.15 Å². The van der Waals surface area contributed by atoms with Gasteiger partial charge in [0.15, 0.2) is 0 Å². The SMILES string of the molecule is O=C(c1ccnc(Cl)c1)N(CCO)CCO. The standard InChI is InChI=1S/C10H13ClN2O3/c11-9-7-8(1-2-12-9)10(16)13(3-5-14)4-6-15/h1-2,7,14-15H,3-6H2. The van der Waals surface area contributed by atoms with Crippen LogP contribution in [0.25, 0.3) is 0 Å². The van der Waals surface area contributed by atoms with E-state index < -0.39 is 0 Å². The molecule has 0 atom stereocenters. The van der Waals surface area contributed by atoms with E-state index in [1.807, 2.05) is 0 Å². The van der Waals surface area contributed by atoms with Gasteiger partial charge in [-0.1, -0.05) is 11.6 Å². The summed E-state index contributed by atoms with van der Waals surface area (Å²) in [4.78, 5) is 17.0. The van der Waals surface area contributed by atoms with E-state index in [0.717, 1.165) is 0 Å². The Hall–Kier alpha value is -1.17. The van der Waals surface area contributed by atoms with Gasteiger partial charge in [-0.3, -0.25) is 4.79 Å². The number of hydrogen-bond acceptors (Lipinski definition) is 4. The summed E-state index contributed by atoms with van der Waals surface area (Å²) in [5.74, 6) is -0.285. The Labute approximate surface area is 98.3 Å². The summed E-state index contributed by atoms with van der Waals surface area (Å²) in [6, 6.07) is 2.99. The minimum atomic E-state index is -0.285. The van der Waals surface area contributed by atoms with E-state index >= 15 is 0 Å². The molecule has 1 aromatic heterocycles. The molecule has 5 nitrogen and oxygen atoms in total. The minimum Gasteiger partial charge on any atom is -0.395 e. The summed E-state index contributed by atoms with van der Waals surface area (Å²) in [7, 11) is 0. The van der Waals surface area contributed by atoms with Crippen molar-refractivity contribution in [3.05, 3.63) is 29.0 Å². The first-order valence-corrected chi connectivity index (χ1v) is 5.19. The molecule has 0 fully saturated rings. The van der Waals surface area contributed by atoms with Gasteiger partial charge in [0.2, 0.25) is 0 Å². The fraction of sp³-hybridized carbons (Fsp3) is 0.400. The average molecular weight is 245 g/mol. The van der Waals surface area contributed by atoms with Crippen LogP contribution in [0.3, 0.4) is 0 Å². The zero-order valence-electron chi connectivity index (χ0n) is 8.64. The van der Waals surface area contributed by atoms with Crippen LogP contribution in [0, 0.1) is 0 Å². The molecule has 0 aliphatic carbocycles. The van der Waals surface area contributed by atoms with Gasteiger partial charge in [-0.15, -0.1) is 0 Å². The van der Waals surface area contributed by atoms with Crippen molar-refractivity contribution in [3.8, 4) is 0 Å². The fourth-order valence-corrected chi connectivity index (χ4v) is 1.45. The van der Waals surface area contributed by atoms with Crippen LogP contribution in [0.5, 0.6) is 0 Å². The number of nitrogens with zero attached hydrogens (tertiary/aromatic N) is 2. The molecule has 16 heavy (non-hydrogen) atoms. The predicted molar refractivity (Wildman–Crippen MR) is 59.3 cm³/mol. The van der Waals surface area contributed by atoms with Crippen molar-refractivity contribution < 1.29 is 15.0 Å². The van der Waals surface area contributed by atoms with Crippen LogP contribution in [-0.2, 0) is 0 Å². The molecule has 0 saturated heterocycles. The van der Waals surface area contributed by atoms with Crippen molar-refractivity contribution in [2.45, 2.75) is 0 Å². The normalized spacial score (nSPS) is 10.2. The first kappa shape index (κ1) is 12.9. The molecular weight excluding hydrogens is 232 g/mol. The summed E-state index contributed by atoms with van der Waals surface area (Å²) < 4.78 is 0. The summed E-state index contributed by atoms with van der Waals surface area (Å²) >= 11 is 5.67. The first-order chi connectivity index (χ1) is 7.69. The first-order valence-electron chi connectivity index (χ1n) is 4.81. The van der Waals surface area contributed by atoms with E-state index in [1.165, 1.54) is 23.2 Å². The monoisotopic (exact) mass is 244 g/mol. The zero-order chi connectivity index (χ0) is 12.0. The summed E-state index contributed by atoms with van der Waals surface area (Å²) in [6.07, 6.45) is 1.44. The number of halogens is 1. The number of pyridine rings is 1. The van der Waals surface area contributed by atoms with Gasteiger partial charge in [0.05, 0.1) is 13.2 Å². The molecule has 1 rings (SSSR count). The summed E-state index contributed by atoms with van der Waals surface area (Å²) in [5.41, 5.74) is 0.391. The van der Waals surface area contributed by atoms with Crippen LogP contribution >= 0.6 is 11.6 Å². The largest absolute Gasteiger partial charge is 0.395 e. The number of amides is 1. The second-order valence-electron chi connectivity index (χ2n) is 3.11. The lowest BCUT2D eigenvalue weighted by Crippen LogP contribution is -2.35. The van der Waals surface area contributed by atoms with Crippen molar-refractivity contribution in [1.82, 2.24) is 9.88 Å². The predicted octanol–water partition coefficient (Wildman–Crippen LogP) is 0.162. The second kappa shape index (κ2) is 6.42. The highest BCUT2D eigenvalue weighted by Gasteiger charge is 2.14. The minimum absolute atomic E-state index is 0.148. The van der Waals surface area contributed by atoms with E-state index in [4.69, 9.17) is 21.8 Å². The molecule has 0 radical (unpaired) electrons. The van der Waals surface area contributed by atoms with Gasteiger partial charge >= 0.3 is 0 Å². The van der Waals surface area contributed by atoms with Crippen molar-refractivity contribution in [2.75, 3.05) is 26.3 Å². The van der Waals surface area contributed by atoms with Crippen molar-refractivity contribution in [2.24, 2.45) is 0 Å². The number of aromatic nitrogens is 1. The number of carbonyl (C=O) groups is 1. The Morgan fingerprint density at radius 1 is 1.38 bits per heavy atom. The summed E-state index contributed by atoms with van der Waals surface area (Å²) in [5, 5.41) is 17.8. The van der Waals surface area contributed by atoms with Crippen LogP contribution in [0.1, 0.15) is 10.4 Å². The van der Waals surface area contributed by atoms with Crippen molar-refractivity contribution >= 4 is 17.5 Å². The highest BCUT2D eigenvalue weighted by atomic mass is 35.5. The molecule has 0 unspecified atom stereocenters. The number of aliphatic hydroxyl groups is 2. The number of hydrogen-bond donors (Lipinski definition) is 2. The van der Waals surface area contributed by atoms with Crippen molar-refractivity contribution in [3.63, 3.8) is 0 Å². The van der Waals surface area contributed by atoms with Crippen molar-refractivity contribution in [1.29, 1.82) is 0 Å². The van der Waals surface area contributed by atoms with E-state index in [9.17, 15) is 4.79 Å². The Morgan fingerprint density at radius 3 is 2.50 bits per heavy atom. The topological polar surface area (TPSA) is 73.7 Å². The smallest absolute Gasteiger partial charge is 0.254 e. The van der Waals surface area contributed by atoms with E-state index in [-0.39, 0.29) is 37.4 Å². The van der Waals surface area contributed by atoms with Crippen LogP contribution in [-0.4, -0.2) is 52.3 Å². The Kier molecular flexibility index (Phi) is 5.18. The highest BCUT2D eigenvalue weighted by molar-refractivity contribution is 6.29. The molecule has 88 valence electrons. The lowest BCUT2D eigenvalue weighted by atomic mass is 10.2. The quantitative estimate of drug-likeness (QED) is 0.724. The van der Waals surface area contributed by atoms with E-state index in [1.54, 1.807) is 0 Å². The molecule has 6 heteroatoms. The molecule has 0 aliphatic heterocycles. The number of aliphatic hydroxyl groups excluding tert-OH is 2. The number of carbonyl (C=O) groups excluding carboxylic acids is 1. The lowest BCUT2D eigenvalue weighted by molar-refractivity contribution is 0.0684. The van der Waals surface area contributed by atoms with Gasteiger partial charge in [-0.2, -0.15) is 0 Å². The molecule has 0 bridgehead atoms. The molecule has 1 heterocycles. The third kappa shape index (κ3) is 3.44. The number of rotatable bonds is 5. The lowest BCUT2D eigenvalue weighted by Gasteiger charge is -2.20. The van der Waals surface area contributed by atoms with Crippen LogP contribution in [0.15, 0.2) is 18.3 Å².